The number of pyridine rings is 1. The van der Waals surface area contributed by atoms with E-state index in [0.717, 1.165) is 6.07 Å². The molecule has 1 aromatic heterocycles. The van der Waals surface area contributed by atoms with Crippen LogP contribution in [0.4, 0.5) is 23.2 Å². The number of anilines is 1. The van der Waals surface area contributed by atoms with E-state index in [0.29, 0.717) is 0 Å². The summed E-state index contributed by atoms with van der Waals surface area (Å²) in [6, 6.07) is 2.02. The van der Waals surface area contributed by atoms with Crippen molar-refractivity contribution < 1.29 is 17.6 Å². The molecule has 0 bridgehead atoms. The highest BCUT2D eigenvalue weighted by Crippen LogP contribution is 2.37. The number of hydrogen-bond acceptors (Lipinski definition) is 3. The number of nitrogen functional groups attached to an aromatic ring is 1. The average Bonchev–Trinajstić information content (AvgIpc) is 2.29. The van der Waals surface area contributed by atoms with Crippen LogP contribution in [-0.2, 0) is 6.18 Å². The lowest BCUT2D eigenvalue weighted by atomic mass is 10.1. The van der Waals surface area contributed by atoms with Gasteiger partial charge in [0.05, 0.1) is 16.2 Å². The first kappa shape index (κ1) is 13.8. The molecule has 0 fully saturated rings. The third-order valence-corrected chi connectivity index (χ3v) is 2.97. The molecule has 3 nitrogen and oxygen atoms in total. The van der Waals surface area contributed by atoms with Crippen LogP contribution in [0, 0.1) is 12.7 Å². The van der Waals surface area contributed by atoms with E-state index in [1.165, 1.54) is 13.0 Å². The topological polar surface area (TPSA) is 50.9 Å². The van der Waals surface area contributed by atoms with E-state index >= 15 is 0 Å². The molecule has 0 radical (unpaired) electrons. The summed E-state index contributed by atoms with van der Waals surface area (Å²) >= 11 is 5.61. The first-order valence-corrected chi connectivity index (χ1v) is 5.46. The van der Waals surface area contributed by atoms with Crippen LogP contribution < -0.4 is 11.3 Å². The van der Waals surface area contributed by atoms with Crippen LogP contribution in [0.25, 0.3) is 10.9 Å². The highest BCUT2D eigenvalue weighted by atomic mass is 35.5. The van der Waals surface area contributed by atoms with Gasteiger partial charge in [0.1, 0.15) is 11.5 Å². The molecular weight excluding hydrogens is 286 g/mol. The number of benzene rings is 1. The molecule has 2 aromatic rings. The number of aromatic nitrogens is 1. The van der Waals surface area contributed by atoms with Crippen LogP contribution in [0.15, 0.2) is 12.1 Å². The molecule has 0 aliphatic heterocycles. The van der Waals surface area contributed by atoms with E-state index in [9.17, 15) is 17.6 Å². The number of alkyl halides is 3. The van der Waals surface area contributed by atoms with E-state index in [-0.39, 0.29) is 27.2 Å². The second-order valence-corrected chi connectivity index (χ2v) is 4.29. The molecule has 8 heteroatoms. The predicted octanol–water partition coefficient (Wildman–Crippen LogP) is 3.64. The minimum absolute atomic E-state index is 0.0132. The zero-order valence-electron chi connectivity index (χ0n) is 9.57. The van der Waals surface area contributed by atoms with Crippen molar-refractivity contribution in [2.24, 2.45) is 5.84 Å². The van der Waals surface area contributed by atoms with E-state index < -0.39 is 17.7 Å². The van der Waals surface area contributed by atoms with E-state index in [4.69, 9.17) is 17.4 Å². The van der Waals surface area contributed by atoms with Gasteiger partial charge in [-0.3, -0.25) is 5.84 Å². The third kappa shape index (κ3) is 2.31. The van der Waals surface area contributed by atoms with E-state index in [2.05, 4.69) is 10.4 Å². The number of halogens is 5. The van der Waals surface area contributed by atoms with E-state index in [1.54, 1.807) is 0 Å². The van der Waals surface area contributed by atoms with Gasteiger partial charge in [-0.1, -0.05) is 11.6 Å². The van der Waals surface area contributed by atoms with Crippen LogP contribution in [0.1, 0.15) is 11.3 Å². The third-order valence-electron chi connectivity index (χ3n) is 2.68. The summed E-state index contributed by atoms with van der Waals surface area (Å²) in [6.07, 6.45) is -4.65. The fourth-order valence-electron chi connectivity index (χ4n) is 1.82. The Morgan fingerprint density at radius 2 is 1.95 bits per heavy atom. The first-order valence-electron chi connectivity index (χ1n) is 5.09. The summed E-state index contributed by atoms with van der Waals surface area (Å²) in [4.78, 5) is 3.44. The van der Waals surface area contributed by atoms with Gasteiger partial charge in [0.15, 0.2) is 0 Å². The lowest BCUT2D eigenvalue weighted by Crippen LogP contribution is -2.16. The molecular formula is C11H8ClF4N3. The number of nitrogens with two attached hydrogens (primary N) is 1. The maximum Gasteiger partial charge on any atom is 0.433 e. The second kappa shape index (κ2) is 4.50. The van der Waals surface area contributed by atoms with E-state index in [1.807, 2.05) is 0 Å². The van der Waals surface area contributed by atoms with Crippen molar-refractivity contribution >= 4 is 28.2 Å². The summed E-state index contributed by atoms with van der Waals surface area (Å²) in [7, 11) is 0. The van der Waals surface area contributed by atoms with Crippen molar-refractivity contribution in [1.82, 2.24) is 4.98 Å². The minimum atomic E-state index is -4.65. The monoisotopic (exact) mass is 293 g/mol. The molecule has 1 aromatic carbocycles. The zero-order chi connectivity index (χ0) is 14.4. The lowest BCUT2D eigenvalue weighted by molar-refractivity contribution is -0.141. The van der Waals surface area contributed by atoms with Crippen LogP contribution in [0.5, 0.6) is 0 Å². The molecule has 0 unspecified atom stereocenters. The number of nitrogens with one attached hydrogen (secondary N) is 1. The first-order chi connectivity index (χ1) is 8.75. The molecule has 19 heavy (non-hydrogen) atoms. The van der Waals surface area contributed by atoms with Gasteiger partial charge in [-0.25, -0.2) is 9.37 Å². The van der Waals surface area contributed by atoms with Crippen LogP contribution in [0.2, 0.25) is 5.02 Å². The zero-order valence-corrected chi connectivity index (χ0v) is 10.3. The van der Waals surface area contributed by atoms with Gasteiger partial charge in [-0.15, -0.1) is 0 Å². The Kier molecular flexibility index (Phi) is 3.27. The molecule has 0 saturated heterocycles. The molecule has 0 amide bonds. The fourth-order valence-corrected chi connectivity index (χ4v) is 1.98. The van der Waals surface area contributed by atoms with Crippen molar-refractivity contribution in [3.8, 4) is 0 Å². The van der Waals surface area contributed by atoms with Gasteiger partial charge in [0.25, 0.3) is 0 Å². The molecule has 0 atom stereocenters. The Balaban J connectivity index is 2.91. The average molecular weight is 294 g/mol. The standard InChI is InChI=1S/C11H8ClF4N3/c1-4-9(19-17)5-2-6(12)7(13)3-8(5)18-10(4)11(14,15)16/h2-3H,17H2,1H3,(H,18,19). The van der Waals surface area contributed by atoms with Crippen LogP contribution >= 0.6 is 11.6 Å². The molecule has 2 rings (SSSR count). The maximum atomic E-state index is 13.3. The number of nitrogens with zero attached hydrogens (tertiary/aromatic N) is 1. The molecule has 0 aliphatic carbocycles. The summed E-state index contributed by atoms with van der Waals surface area (Å²) in [5.74, 6) is 4.39. The quantitative estimate of drug-likeness (QED) is 0.479. The van der Waals surface area contributed by atoms with Gasteiger partial charge >= 0.3 is 6.18 Å². The van der Waals surface area contributed by atoms with Gasteiger partial charge in [-0.2, -0.15) is 13.2 Å². The SMILES string of the molecule is Cc1c(C(F)(F)F)nc2cc(F)c(Cl)cc2c1NN. The summed E-state index contributed by atoms with van der Waals surface area (Å²) in [5.41, 5.74) is 0.724. The highest BCUT2D eigenvalue weighted by molar-refractivity contribution is 6.31. The highest BCUT2D eigenvalue weighted by Gasteiger charge is 2.36. The van der Waals surface area contributed by atoms with Crippen molar-refractivity contribution in [1.29, 1.82) is 0 Å². The largest absolute Gasteiger partial charge is 0.433 e. The Morgan fingerprint density at radius 3 is 2.47 bits per heavy atom. The molecule has 102 valence electrons. The number of rotatable bonds is 1. The van der Waals surface area contributed by atoms with Crippen molar-refractivity contribution in [3.05, 3.63) is 34.2 Å². The predicted molar refractivity (Wildman–Crippen MR) is 64.3 cm³/mol. The van der Waals surface area contributed by atoms with Crippen LogP contribution in [0.3, 0.4) is 0 Å². The number of hydrazine groups is 1. The summed E-state index contributed by atoms with van der Waals surface area (Å²) < 4.78 is 51.8. The number of hydrogen-bond donors (Lipinski definition) is 2. The Bertz CT molecular complexity index is 655. The van der Waals surface area contributed by atoms with Gasteiger partial charge in [0.2, 0.25) is 0 Å². The second-order valence-electron chi connectivity index (χ2n) is 3.89. The van der Waals surface area contributed by atoms with Gasteiger partial charge in [0, 0.05) is 17.0 Å². The molecule has 0 spiro atoms. The maximum absolute atomic E-state index is 13.3. The van der Waals surface area contributed by atoms with Crippen molar-refractivity contribution in [2.75, 3.05) is 5.43 Å². The Hall–Kier alpha value is -1.60. The van der Waals surface area contributed by atoms with Crippen molar-refractivity contribution in [2.45, 2.75) is 13.1 Å². The minimum Gasteiger partial charge on any atom is -0.323 e. The summed E-state index contributed by atoms with van der Waals surface area (Å²) in [5, 5.41) is 0.00404. The molecule has 0 saturated carbocycles. The molecule has 0 aliphatic rings. The Morgan fingerprint density at radius 1 is 1.32 bits per heavy atom. The van der Waals surface area contributed by atoms with Crippen LogP contribution in [-0.4, -0.2) is 4.98 Å². The Labute approximate surface area is 110 Å². The lowest BCUT2D eigenvalue weighted by Gasteiger charge is -2.15. The fraction of sp³-hybridized carbons (Fsp3) is 0.182. The normalized spacial score (nSPS) is 11.9. The van der Waals surface area contributed by atoms with Crippen molar-refractivity contribution in [3.63, 3.8) is 0 Å². The molecule has 3 N–H and O–H groups in total. The smallest absolute Gasteiger partial charge is 0.323 e. The van der Waals surface area contributed by atoms with Gasteiger partial charge < -0.3 is 5.43 Å². The summed E-state index contributed by atoms with van der Waals surface area (Å²) in [6.45, 7) is 1.22. The molecule has 1 heterocycles. The van der Waals surface area contributed by atoms with Gasteiger partial charge in [-0.05, 0) is 13.0 Å². The number of fused-ring (bicyclic) bond motifs is 1.